The Morgan fingerprint density at radius 1 is 1.09 bits per heavy atom. The highest BCUT2D eigenvalue weighted by molar-refractivity contribution is 6.03. The number of anilines is 3. The molecule has 2 aromatic rings. The number of alkyl halides is 2. The molecule has 2 aliphatic heterocycles. The van der Waals surface area contributed by atoms with Gasteiger partial charge in [0, 0.05) is 50.1 Å². The van der Waals surface area contributed by atoms with E-state index in [2.05, 4.69) is 10.3 Å². The first-order chi connectivity index (χ1) is 15.7. The number of aromatic nitrogens is 1. The molecule has 0 unspecified atom stereocenters. The summed E-state index contributed by atoms with van der Waals surface area (Å²) in [6.45, 7) is 8.19. The van der Waals surface area contributed by atoms with E-state index in [0.29, 0.717) is 30.2 Å². The zero-order chi connectivity index (χ0) is 23.8. The van der Waals surface area contributed by atoms with E-state index in [1.165, 1.54) is 6.07 Å². The molecule has 0 bridgehead atoms. The van der Waals surface area contributed by atoms with Gasteiger partial charge in [-0.1, -0.05) is 13.8 Å². The quantitative estimate of drug-likeness (QED) is 0.636. The van der Waals surface area contributed by atoms with Gasteiger partial charge in [0.25, 0.3) is 11.9 Å². The Hall–Kier alpha value is -2.71. The monoisotopic (exact) mass is 464 g/mol. The van der Waals surface area contributed by atoms with Gasteiger partial charge < -0.3 is 19.5 Å². The third-order valence-electron chi connectivity index (χ3n) is 6.49. The normalized spacial score (nSPS) is 20.4. The Morgan fingerprint density at radius 3 is 2.36 bits per heavy atom. The highest BCUT2D eigenvalue weighted by atomic mass is 19.3. The molecule has 33 heavy (non-hydrogen) atoms. The molecule has 1 N–H and O–H groups in total. The number of carbonyl (C=O) groups excluding carboxylic acids is 1. The van der Waals surface area contributed by atoms with Crippen LogP contribution < -0.4 is 15.1 Å². The van der Waals surface area contributed by atoms with Gasteiger partial charge in [0.2, 0.25) is 5.92 Å². The van der Waals surface area contributed by atoms with Crippen molar-refractivity contribution in [3.05, 3.63) is 35.5 Å². The fraction of sp³-hybridized carbons (Fsp3) is 0.583. The predicted octanol–water partition coefficient (Wildman–Crippen LogP) is 5.63. The maximum atomic E-state index is 14.6. The zero-order valence-corrected chi connectivity index (χ0v) is 19.4. The minimum absolute atomic E-state index is 0.107. The number of oxazole rings is 1. The molecule has 6 nitrogen and oxygen atoms in total. The van der Waals surface area contributed by atoms with E-state index in [1.807, 2.05) is 18.7 Å². The molecule has 9 heteroatoms. The van der Waals surface area contributed by atoms with Crippen molar-refractivity contribution in [1.29, 1.82) is 0 Å². The number of rotatable bonds is 4. The summed E-state index contributed by atoms with van der Waals surface area (Å²) in [6.07, 6.45) is 3.04. The molecule has 3 aliphatic rings. The molecular weight excluding hydrogens is 433 g/mol. The maximum Gasteiger partial charge on any atom is 0.298 e. The van der Waals surface area contributed by atoms with Crippen molar-refractivity contribution in [2.75, 3.05) is 41.3 Å². The topological polar surface area (TPSA) is 61.6 Å². The number of carbonyl (C=O) groups is 1. The van der Waals surface area contributed by atoms with Crippen molar-refractivity contribution in [2.45, 2.75) is 58.8 Å². The van der Waals surface area contributed by atoms with Crippen LogP contribution in [0.4, 0.5) is 30.6 Å². The van der Waals surface area contributed by atoms with Crippen LogP contribution in [0.5, 0.6) is 0 Å². The lowest BCUT2D eigenvalue weighted by Gasteiger charge is -2.58. The van der Waals surface area contributed by atoms with Gasteiger partial charge in [-0.05, 0) is 44.4 Å². The number of nitrogens with one attached hydrogen (secondary N) is 1. The van der Waals surface area contributed by atoms with Crippen molar-refractivity contribution in [3.8, 4) is 0 Å². The SMILES string of the molecule is CC.Cc1oc(N2CC3(C2)CC(F)(F)C3)nc1C(=O)Nc1ccc(N2CCCCC2)c(F)c1. The number of benzene rings is 1. The van der Waals surface area contributed by atoms with E-state index in [4.69, 9.17) is 4.42 Å². The molecule has 3 fully saturated rings. The third-order valence-corrected chi connectivity index (χ3v) is 6.49. The molecule has 1 aliphatic carbocycles. The van der Waals surface area contributed by atoms with Gasteiger partial charge in [0.1, 0.15) is 11.6 Å². The van der Waals surface area contributed by atoms with Crippen molar-refractivity contribution >= 4 is 23.3 Å². The fourth-order valence-corrected chi connectivity index (χ4v) is 5.06. The average molecular weight is 465 g/mol. The van der Waals surface area contributed by atoms with Crippen molar-refractivity contribution in [1.82, 2.24) is 4.98 Å². The molecule has 0 radical (unpaired) electrons. The van der Waals surface area contributed by atoms with E-state index < -0.39 is 11.8 Å². The minimum Gasteiger partial charge on any atom is -0.428 e. The van der Waals surface area contributed by atoms with Gasteiger partial charge in [-0.3, -0.25) is 4.79 Å². The highest BCUT2D eigenvalue weighted by Crippen LogP contribution is 2.57. The number of halogens is 3. The van der Waals surface area contributed by atoms with Gasteiger partial charge >= 0.3 is 0 Å². The lowest BCUT2D eigenvalue weighted by molar-refractivity contribution is -0.170. The van der Waals surface area contributed by atoms with Gasteiger partial charge in [-0.15, -0.1) is 0 Å². The van der Waals surface area contributed by atoms with Gasteiger partial charge in [-0.25, -0.2) is 13.2 Å². The molecule has 180 valence electrons. The summed E-state index contributed by atoms with van der Waals surface area (Å²) in [5, 5.41) is 2.67. The van der Waals surface area contributed by atoms with Gasteiger partial charge in [-0.2, -0.15) is 4.98 Å². The van der Waals surface area contributed by atoms with Gasteiger partial charge in [0.05, 0.1) is 5.69 Å². The standard InChI is InChI=1S/C22H25F3N4O2.C2H6/c1-14-18(27-20(31-14)29-12-21(13-29)10-22(24,25)11-21)19(30)26-15-5-6-17(16(23)9-15)28-7-3-2-4-8-28;1-2/h5-6,9H,2-4,7-8,10-13H2,1H3,(H,26,30);1-2H3. The van der Waals surface area contributed by atoms with Crippen molar-refractivity contribution in [3.63, 3.8) is 0 Å². The van der Waals surface area contributed by atoms with Crippen LogP contribution in [0.15, 0.2) is 22.6 Å². The zero-order valence-electron chi connectivity index (χ0n) is 19.4. The summed E-state index contributed by atoms with van der Waals surface area (Å²) in [7, 11) is 0. The van der Waals surface area contributed by atoms with Crippen molar-refractivity contribution in [2.24, 2.45) is 5.41 Å². The lowest BCUT2D eigenvalue weighted by Crippen LogP contribution is -2.66. The fourth-order valence-electron chi connectivity index (χ4n) is 5.06. The maximum absolute atomic E-state index is 14.6. The second kappa shape index (κ2) is 8.91. The predicted molar refractivity (Wildman–Crippen MR) is 122 cm³/mol. The molecule has 2 saturated heterocycles. The first kappa shape index (κ1) is 23.4. The molecule has 1 aromatic carbocycles. The smallest absolute Gasteiger partial charge is 0.298 e. The Morgan fingerprint density at radius 2 is 1.76 bits per heavy atom. The lowest BCUT2D eigenvalue weighted by atomic mass is 9.61. The molecular formula is C24H31F3N4O2. The number of aryl methyl sites for hydroxylation is 1. The van der Waals surface area contributed by atoms with E-state index in [-0.39, 0.29) is 35.8 Å². The third kappa shape index (κ3) is 4.68. The summed E-state index contributed by atoms with van der Waals surface area (Å²) in [5.41, 5.74) is 0.634. The van der Waals surface area contributed by atoms with E-state index in [0.717, 1.165) is 32.4 Å². The minimum atomic E-state index is -2.57. The van der Waals surface area contributed by atoms with Gasteiger partial charge in [0.15, 0.2) is 5.69 Å². The van der Waals surface area contributed by atoms with Crippen LogP contribution in [-0.2, 0) is 0 Å². The number of hydrogen-bond acceptors (Lipinski definition) is 5. The van der Waals surface area contributed by atoms with Crippen LogP contribution in [-0.4, -0.2) is 43.0 Å². The molecule has 0 atom stereocenters. The second-order valence-corrected chi connectivity index (χ2v) is 9.13. The van der Waals surface area contributed by atoms with Crippen LogP contribution in [0.2, 0.25) is 0 Å². The van der Waals surface area contributed by atoms with E-state index in [9.17, 15) is 18.0 Å². The van der Waals surface area contributed by atoms with E-state index in [1.54, 1.807) is 24.0 Å². The number of amides is 1. The van der Waals surface area contributed by atoms with Crippen molar-refractivity contribution < 1.29 is 22.4 Å². The largest absolute Gasteiger partial charge is 0.428 e. The summed E-state index contributed by atoms with van der Waals surface area (Å²) in [6, 6.07) is 4.94. The Bertz CT molecular complexity index is 1000. The van der Waals surface area contributed by atoms with Crippen LogP contribution in [0, 0.1) is 18.2 Å². The Labute approximate surface area is 192 Å². The van der Waals surface area contributed by atoms with Crippen LogP contribution in [0.25, 0.3) is 0 Å². The molecule has 1 spiro atoms. The molecule has 5 rings (SSSR count). The molecule has 3 heterocycles. The van der Waals surface area contributed by atoms with E-state index >= 15 is 0 Å². The number of hydrogen-bond donors (Lipinski definition) is 1. The number of nitrogens with zero attached hydrogens (tertiary/aromatic N) is 3. The Balaban J connectivity index is 0.00000126. The number of piperidine rings is 1. The summed E-state index contributed by atoms with van der Waals surface area (Å²) in [5.74, 6) is -3.11. The first-order valence-electron chi connectivity index (χ1n) is 11.7. The van der Waals surface area contributed by atoms with Crippen LogP contribution in [0.3, 0.4) is 0 Å². The highest BCUT2D eigenvalue weighted by Gasteiger charge is 2.62. The molecule has 1 amide bonds. The van der Waals surface area contributed by atoms with Crippen LogP contribution in [0.1, 0.15) is 62.2 Å². The summed E-state index contributed by atoms with van der Waals surface area (Å²) >= 11 is 0. The summed E-state index contributed by atoms with van der Waals surface area (Å²) < 4.78 is 46.6. The first-order valence-corrected chi connectivity index (χ1v) is 11.7. The second-order valence-electron chi connectivity index (χ2n) is 9.13. The Kier molecular flexibility index (Phi) is 6.33. The molecule has 1 saturated carbocycles. The van der Waals surface area contributed by atoms with Crippen LogP contribution >= 0.6 is 0 Å². The molecule has 1 aromatic heterocycles. The average Bonchev–Trinajstić information content (AvgIpc) is 3.13. The summed E-state index contributed by atoms with van der Waals surface area (Å²) in [4.78, 5) is 20.7.